The highest BCUT2D eigenvalue weighted by Gasteiger charge is 2.39. The first kappa shape index (κ1) is 14.3. The van der Waals surface area contributed by atoms with E-state index in [1.54, 1.807) is 12.1 Å². The van der Waals surface area contributed by atoms with E-state index in [1.807, 2.05) is 10.8 Å². The molecule has 0 saturated carbocycles. The molecule has 2 aliphatic heterocycles. The van der Waals surface area contributed by atoms with Crippen LogP contribution in [0.5, 0.6) is 0 Å². The van der Waals surface area contributed by atoms with Crippen LogP contribution in [-0.2, 0) is 0 Å². The number of nitrogens with zero attached hydrogens (tertiary/aromatic N) is 2. The van der Waals surface area contributed by atoms with Crippen LogP contribution in [-0.4, -0.2) is 47.5 Å². The van der Waals surface area contributed by atoms with Gasteiger partial charge in [0.25, 0.3) is 23.6 Å². The van der Waals surface area contributed by atoms with Crippen molar-refractivity contribution >= 4 is 56.5 Å². The molecule has 4 amide bonds. The fourth-order valence-corrected chi connectivity index (χ4v) is 4.59. The van der Waals surface area contributed by atoms with Gasteiger partial charge in [-0.25, -0.2) is 0 Å². The predicted molar refractivity (Wildman–Crippen MR) is 92.2 cm³/mol. The summed E-state index contributed by atoms with van der Waals surface area (Å²) >= 11 is 1.38. The number of rotatable bonds is 0. The van der Waals surface area contributed by atoms with Gasteiger partial charge in [0.2, 0.25) is 0 Å². The van der Waals surface area contributed by atoms with E-state index in [1.165, 1.54) is 25.4 Å². The van der Waals surface area contributed by atoms with Crippen LogP contribution in [0.4, 0.5) is 0 Å². The minimum atomic E-state index is -0.427. The largest absolute Gasteiger partial charge is 0.277 e. The topological polar surface area (TPSA) is 74.8 Å². The van der Waals surface area contributed by atoms with Gasteiger partial charge < -0.3 is 0 Å². The molecule has 0 bridgehead atoms. The Labute approximate surface area is 145 Å². The third-order valence-electron chi connectivity index (χ3n) is 5.01. The van der Waals surface area contributed by atoms with Gasteiger partial charge in [-0.2, -0.15) is 11.3 Å². The molecular formula is C18H10N2O4S. The summed E-state index contributed by atoms with van der Waals surface area (Å²) in [5.41, 5.74) is 1.46. The Hall–Kier alpha value is -3.06. The fraction of sp³-hybridized carbons (Fsp3) is 0.111. The fourth-order valence-electron chi connectivity index (χ4n) is 3.76. The molecule has 6 nitrogen and oxygen atoms in total. The van der Waals surface area contributed by atoms with E-state index >= 15 is 0 Å². The number of amides is 4. The molecule has 0 N–H and O–H groups in total. The molecule has 25 heavy (non-hydrogen) atoms. The number of carbonyl (C=O) groups excluding carboxylic acids is 4. The van der Waals surface area contributed by atoms with E-state index in [4.69, 9.17) is 0 Å². The van der Waals surface area contributed by atoms with Crippen LogP contribution in [0.15, 0.2) is 22.9 Å². The number of hydrogen-bond acceptors (Lipinski definition) is 5. The lowest BCUT2D eigenvalue weighted by atomic mass is 9.83. The minimum absolute atomic E-state index is 0.343. The number of benzene rings is 2. The average Bonchev–Trinajstić information content (AvgIpc) is 3.08. The van der Waals surface area contributed by atoms with E-state index in [9.17, 15) is 19.2 Å². The minimum Gasteiger partial charge on any atom is -0.277 e. The van der Waals surface area contributed by atoms with Crippen LogP contribution in [0, 0.1) is 0 Å². The molecule has 5 rings (SSSR count). The number of imide groups is 2. The lowest BCUT2D eigenvalue weighted by Crippen LogP contribution is -2.40. The Balaban J connectivity index is 2.15. The number of thiophene rings is 1. The molecule has 3 aromatic rings. The standard InChI is InChI=1S/C18H10N2O4S/c1-19-15(21)7-3-4-8-12-11(7)13(17(19)23)9-5-25-6-10(9)14(12)18(24)20(2)16(8)22/h3-6H,1-2H3. The maximum Gasteiger partial charge on any atom is 0.261 e. The molecule has 0 radical (unpaired) electrons. The third kappa shape index (κ3) is 1.45. The summed E-state index contributed by atoms with van der Waals surface area (Å²) in [5, 5.41) is 5.74. The molecule has 0 spiro atoms. The summed E-state index contributed by atoms with van der Waals surface area (Å²) < 4.78 is 0. The molecule has 0 atom stereocenters. The van der Waals surface area contributed by atoms with Crippen LogP contribution in [0.2, 0.25) is 0 Å². The maximum atomic E-state index is 12.8. The maximum absolute atomic E-state index is 12.8. The number of hydrogen-bond donors (Lipinski definition) is 0. The Bertz CT molecular complexity index is 1120. The van der Waals surface area contributed by atoms with Gasteiger partial charge >= 0.3 is 0 Å². The SMILES string of the molecule is CN1C(=O)c2ccc3c4c(c5cscc5c(c24)C1=O)C(=O)N(C)C3=O. The zero-order valence-corrected chi connectivity index (χ0v) is 14.1. The number of fused-ring (bicyclic) bond motifs is 3. The Morgan fingerprint density at radius 2 is 1.08 bits per heavy atom. The lowest BCUT2D eigenvalue weighted by Gasteiger charge is -2.30. The van der Waals surface area contributed by atoms with Gasteiger partial charge in [0, 0.05) is 46.8 Å². The summed E-state index contributed by atoms with van der Waals surface area (Å²) in [5.74, 6) is -1.68. The molecule has 122 valence electrons. The first-order valence-corrected chi connectivity index (χ1v) is 8.51. The second-order valence-corrected chi connectivity index (χ2v) is 6.94. The van der Waals surface area contributed by atoms with Gasteiger partial charge in [-0.05, 0) is 22.9 Å². The van der Waals surface area contributed by atoms with Crippen molar-refractivity contribution in [2.45, 2.75) is 0 Å². The molecule has 0 saturated heterocycles. The van der Waals surface area contributed by atoms with Gasteiger partial charge in [-0.1, -0.05) is 0 Å². The van der Waals surface area contributed by atoms with Gasteiger partial charge in [0.05, 0.1) is 11.1 Å². The van der Waals surface area contributed by atoms with Crippen molar-refractivity contribution in [3.05, 3.63) is 45.1 Å². The van der Waals surface area contributed by atoms with Crippen molar-refractivity contribution < 1.29 is 19.2 Å². The van der Waals surface area contributed by atoms with Crippen molar-refractivity contribution in [2.24, 2.45) is 0 Å². The summed E-state index contributed by atoms with van der Waals surface area (Å²) in [6.07, 6.45) is 0. The van der Waals surface area contributed by atoms with Gasteiger partial charge in [0.1, 0.15) is 0 Å². The van der Waals surface area contributed by atoms with Gasteiger partial charge in [0.15, 0.2) is 0 Å². The zero-order valence-electron chi connectivity index (χ0n) is 13.2. The molecule has 3 heterocycles. The Morgan fingerprint density at radius 3 is 1.48 bits per heavy atom. The van der Waals surface area contributed by atoms with E-state index in [2.05, 4.69) is 0 Å². The van der Waals surface area contributed by atoms with Crippen LogP contribution in [0.1, 0.15) is 41.4 Å². The molecule has 7 heteroatoms. The second kappa shape index (κ2) is 4.31. The molecule has 2 aromatic carbocycles. The molecule has 0 fully saturated rings. The van der Waals surface area contributed by atoms with Crippen LogP contribution >= 0.6 is 11.3 Å². The Morgan fingerprint density at radius 1 is 0.680 bits per heavy atom. The van der Waals surface area contributed by atoms with Crippen molar-refractivity contribution in [1.82, 2.24) is 9.80 Å². The monoisotopic (exact) mass is 350 g/mol. The number of carbonyl (C=O) groups is 4. The van der Waals surface area contributed by atoms with Crippen molar-refractivity contribution in [3.8, 4) is 0 Å². The van der Waals surface area contributed by atoms with Crippen molar-refractivity contribution in [1.29, 1.82) is 0 Å². The quantitative estimate of drug-likeness (QED) is 0.584. The van der Waals surface area contributed by atoms with Gasteiger partial charge in [-0.15, -0.1) is 0 Å². The van der Waals surface area contributed by atoms with Crippen LogP contribution in [0.3, 0.4) is 0 Å². The summed E-state index contributed by atoms with van der Waals surface area (Å²) in [7, 11) is 2.88. The Kier molecular flexibility index (Phi) is 2.47. The molecule has 0 unspecified atom stereocenters. The van der Waals surface area contributed by atoms with E-state index in [0.29, 0.717) is 43.8 Å². The first-order valence-electron chi connectivity index (χ1n) is 7.56. The van der Waals surface area contributed by atoms with E-state index in [0.717, 1.165) is 9.80 Å². The van der Waals surface area contributed by atoms with E-state index < -0.39 is 23.6 Å². The highest BCUT2D eigenvalue weighted by Crippen LogP contribution is 2.43. The first-order chi connectivity index (χ1) is 11.9. The smallest absolute Gasteiger partial charge is 0.261 e. The van der Waals surface area contributed by atoms with E-state index in [-0.39, 0.29) is 0 Å². The predicted octanol–water partition coefficient (Wildman–Crippen LogP) is 2.51. The highest BCUT2D eigenvalue weighted by molar-refractivity contribution is 7.09. The molecular weight excluding hydrogens is 340 g/mol. The third-order valence-corrected chi connectivity index (χ3v) is 5.76. The second-order valence-electron chi connectivity index (χ2n) is 6.20. The zero-order chi connectivity index (χ0) is 17.6. The molecule has 0 aliphatic carbocycles. The molecule has 1 aromatic heterocycles. The highest BCUT2D eigenvalue weighted by atomic mass is 32.1. The van der Waals surface area contributed by atoms with Gasteiger partial charge in [-0.3, -0.25) is 29.0 Å². The van der Waals surface area contributed by atoms with Crippen LogP contribution < -0.4 is 0 Å². The lowest BCUT2D eigenvalue weighted by molar-refractivity contribution is 0.0631. The summed E-state index contributed by atoms with van der Waals surface area (Å²) in [6.45, 7) is 0. The van der Waals surface area contributed by atoms with Crippen molar-refractivity contribution in [3.63, 3.8) is 0 Å². The summed E-state index contributed by atoms with van der Waals surface area (Å²) in [6, 6.07) is 3.13. The average molecular weight is 350 g/mol. The molecule has 2 aliphatic rings. The van der Waals surface area contributed by atoms with Crippen LogP contribution in [0.25, 0.3) is 21.5 Å². The normalized spacial score (nSPS) is 16.6. The summed E-state index contributed by atoms with van der Waals surface area (Å²) in [4.78, 5) is 52.9. The van der Waals surface area contributed by atoms with Crippen molar-refractivity contribution in [2.75, 3.05) is 14.1 Å².